The van der Waals surface area contributed by atoms with Gasteiger partial charge in [-0.1, -0.05) is 12.1 Å². The van der Waals surface area contributed by atoms with Gasteiger partial charge in [0, 0.05) is 57.1 Å². The monoisotopic (exact) mass is 454 g/mol. The number of carbonyl (C=O) groups excluding carboxylic acids is 3. The van der Waals surface area contributed by atoms with E-state index in [1.54, 1.807) is 12.1 Å². The molecule has 1 unspecified atom stereocenters. The second kappa shape index (κ2) is 7.82. The first-order chi connectivity index (χ1) is 15.0. The fraction of sp³-hybridized carbons (Fsp3) is 0.571. The highest BCUT2D eigenvalue weighted by atomic mass is 19.4. The highest BCUT2D eigenvalue weighted by Gasteiger charge is 2.67. The van der Waals surface area contributed by atoms with Crippen LogP contribution >= 0.6 is 0 Å². The highest BCUT2D eigenvalue weighted by molar-refractivity contribution is 6.05. The van der Waals surface area contributed by atoms with Crippen molar-refractivity contribution in [2.45, 2.75) is 62.1 Å². The molecule has 174 valence electrons. The number of rotatable bonds is 6. The van der Waals surface area contributed by atoms with Crippen LogP contribution in [0.5, 0.6) is 0 Å². The second-order valence-corrected chi connectivity index (χ2v) is 8.91. The standard InChI is InChI=1S/C21H25F3N4O4/c1-32-20(21(22,23)24)9-19(25,10-20)11-26-7-12-2-3-13-8-28(18(31)14(13)6-12)15-4-5-16(29)27-17(15)30/h2-3,6,15,26H,4-5,7-11,25H2,1H3,(H,27,29,30). The zero-order chi connectivity index (χ0) is 23.3. The first-order valence-corrected chi connectivity index (χ1v) is 10.3. The molecule has 0 spiro atoms. The van der Waals surface area contributed by atoms with E-state index < -0.39 is 29.3 Å². The third-order valence-corrected chi connectivity index (χ3v) is 6.58. The number of amides is 3. The molecule has 1 saturated heterocycles. The van der Waals surface area contributed by atoms with Crippen molar-refractivity contribution in [3.05, 3.63) is 34.9 Å². The number of carbonyl (C=O) groups is 3. The Morgan fingerprint density at radius 3 is 2.62 bits per heavy atom. The number of fused-ring (bicyclic) bond motifs is 1. The van der Waals surface area contributed by atoms with E-state index in [2.05, 4.69) is 10.6 Å². The van der Waals surface area contributed by atoms with E-state index in [1.165, 1.54) is 4.90 Å². The zero-order valence-corrected chi connectivity index (χ0v) is 17.6. The number of hydrogen-bond donors (Lipinski definition) is 3. The smallest absolute Gasteiger partial charge is 0.369 e. The van der Waals surface area contributed by atoms with Gasteiger partial charge in [0.05, 0.1) is 0 Å². The number of piperidine rings is 1. The molecule has 8 nitrogen and oxygen atoms in total. The van der Waals surface area contributed by atoms with E-state index in [9.17, 15) is 27.6 Å². The van der Waals surface area contributed by atoms with Crippen molar-refractivity contribution in [3.63, 3.8) is 0 Å². The van der Waals surface area contributed by atoms with E-state index in [0.717, 1.165) is 18.2 Å². The summed E-state index contributed by atoms with van der Waals surface area (Å²) in [5.74, 6) is -1.09. The molecular weight excluding hydrogens is 429 g/mol. The van der Waals surface area contributed by atoms with Crippen LogP contribution in [0.25, 0.3) is 0 Å². The molecule has 2 heterocycles. The molecule has 3 aliphatic rings. The Bertz CT molecular complexity index is 959. The Balaban J connectivity index is 1.35. The largest absolute Gasteiger partial charge is 0.417 e. The van der Waals surface area contributed by atoms with Crippen LogP contribution in [-0.2, 0) is 27.4 Å². The first kappa shape index (κ1) is 22.7. The second-order valence-electron chi connectivity index (χ2n) is 8.91. The zero-order valence-electron chi connectivity index (χ0n) is 17.6. The minimum absolute atomic E-state index is 0.168. The van der Waals surface area contributed by atoms with Gasteiger partial charge in [0.25, 0.3) is 5.91 Å². The van der Waals surface area contributed by atoms with E-state index in [-0.39, 0.29) is 50.6 Å². The molecule has 3 amide bonds. The Kier molecular flexibility index (Phi) is 5.54. The molecule has 0 aromatic heterocycles. The Hall–Kier alpha value is -2.50. The lowest BCUT2D eigenvalue weighted by molar-refractivity contribution is -0.311. The third-order valence-electron chi connectivity index (χ3n) is 6.58. The normalized spacial score (nSPS) is 30.2. The van der Waals surface area contributed by atoms with Crippen molar-refractivity contribution >= 4 is 17.7 Å². The van der Waals surface area contributed by atoms with Crippen molar-refractivity contribution in [3.8, 4) is 0 Å². The summed E-state index contributed by atoms with van der Waals surface area (Å²) in [5.41, 5.74) is 4.91. The van der Waals surface area contributed by atoms with Gasteiger partial charge in [-0.25, -0.2) is 0 Å². The van der Waals surface area contributed by atoms with Crippen LogP contribution in [-0.4, -0.2) is 59.6 Å². The number of imide groups is 1. The highest BCUT2D eigenvalue weighted by Crippen LogP contribution is 2.51. The number of nitrogens with one attached hydrogen (secondary N) is 2. The van der Waals surface area contributed by atoms with Crippen LogP contribution < -0.4 is 16.4 Å². The quantitative estimate of drug-likeness (QED) is 0.553. The molecule has 1 aromatic carbocycles. The van der Waals surface area contributed by atoms with Crippen LogP contribution in [0, 0.1) is 0 Å². The molecule has 0 bridgehead atoms. The molecule has 1 aromatic rings. The summed E-state index contributed by atoms with van der Waals surface area (Å²) in [7, 11) is 1.04. The molecule has 11 heteroatoms. The summed E-state index contributed by atoms with van der Waals surface area (Å²) >= 11 is 0. The lowest BCUT2D eigenvalue weighted by Gasteiger charge is -2.53. The third kappa shape index (κ3) is 3.89. The lowest BCUT2D eigenvalue weighted by atomic mass is 9.64. The van der Waals surface area contributed by atoms with Gasteiger partial charge < -0.3 is 20.7 Å². The topological polar surface area (TPSA) is 114 Å². The number of hydrogen-bond acceptors (Lipinski definition) is 6. The van der Waals surface area contributed by atoms with Gasteiger partial charge in [0.1, 0.15) is 6.04 Å². The molecule has 1 atom stereocenters. The van der Waals surface area contributed by atoms with Gasteiger partial charge in [0.2, 0.25) is 11.8 Å². The van der Waals surface area contributed by atoms with Crippen LogP contribution in [0.3, 0.4) is 0 Å². The van der Waals surface area contributed by atoms with Crippen molar-refractivity contribution in [1.29, 1.82) is 0 Å². The average molecular weight is 454 g/mol. The predicted octanol–water partition coefficient (Wildman–Crippen LogP) is 0.976. The van der Waals surface area contributed by atoms with Gasteiger partial charge in [-0.3, -0.25) is 19.7 Å². The van der Waals surface area contributed by atoms with Crippen LogP contribution in [0.4, 0.5) is 13.2 Å². The number of benzene rings is 1. The van der Waals surface area contributed by atoms with Gasteiger partial charge in [-0.15, -0.1) is 0 Å². The molecule has 1 saturated carbocycles. The summed E-state index contributed by atoms with van der Waals surface area (Å²) in [6, 6.07) is 4.67. The van der Waals surface area contributed by atoms with Crippen LogP contribution in [0.2, 0.25) is 0 Å². The summed E-state index contributed by atoms with van der Waals surface area (Å²) < 4.78 is 44.3. The minimum atomic E-state index is -4.47. The maximum absolute atomic E-state index is 13.2. The summed E-state index contributed by atoms with van der Waals surface area (Å²) in [5, 5.41) is 5.34. The van der Waals surface area contributed by atoms with Crippen molar-refractivity contribution < 1.29 is 32.3 Å². The van der Waals surface area contributed by atoms with Gasteiger partial charge in [-0.2, -0.15) is 13.2 Å². The SMILES string of the molecule is COC1(C(F)(F)F)CC(N)(CNCc2ccc3c(c2)C(=O)N(C2CCC(=O)NC2=O)C3)C1. The predicted molar refractivity (Wildman–Crippen MR) is 106 cm³/mol. The van der Waals surface area contributed by atoms with E-state index in [1.807, 2.05) is 6.07 Å². The maximum atomic E-state index is 13.2. The molecule has 4 rings (SSSR count). The first-order valence-electron chi connectivity index (χ1n) is 10.3. The number of alkyl halides is 3. The molecular formula is C21H25F3N4O4. The average Bonchev–Trinajstić information content (AvgIpc) is 3.01. The molecule has 4 N–H and O–H groups in total. The number of halogens is 3. The van der Waals surface area contributed by atoms with Crippen LogP contribution in [0.1, 0.15) is 47.2 Å². The number of nitrogens with zero attached hydrogens (tertiary/aromatic N) is 1. The molecule has 32 heavy (non-hydrogen) atoms. The molecule has 0 radical (unpaired) electrons. The fourth-order valence-electron chi connectivity index (χ4n) is 4.84. The fourth-order valence-corrected chi connectivity index (χ4v) is 4.84. The van der Waals surface area contributed by atoms with Crippen molar-refractivity contribution in [2.75, 3.05) is 13.7 Å². The number of methoxy groups -OCH3 is 1. The van der Waals surface area contributed by atoms with E-state index in [4.69, 9.17) is 10.5 Å². The molecule has 1 aliphatic carbocycles. The minimum Gasteiger partial charge on any atom is -0.369 e. The van der Waals surface area contributed by atoms with Gasteiger partial charge in [-0.05, 0) is 23.6 Å². The van der Waals surface area contributed by atoms with Crippen molar-refractivity contribution in [2.24, 2.45) is 5.73 Å². The molecule has 2 fully saturated rings. The van der Waals surface area contributed by atoms with Crippen LogP contribution in [0.15, 0.2) is 18.2 Å². The summed E-state index contributed by atoms with van der Waals surface area (Å²) in [6.45, 7) is 0.780. The van der Waals surface area contributed by atoms with Gasteiger partial charge >= 0.3 is 6.18 Å². The Labute approximate surface area is 182 Å². The van der Waals surface area contributed by atoms with Gasteiger partial charge in [0.15, 0.2) is 5.60 Å². The Morgan fingerprint density at radius 1 is 1.28 bits per heavy atom. The number of nitrogens with two attached hydrogens (primary N) is 1. The maximum Gasteiger partial charge on any atom is 0.417 e. The summed E-state index contributed by atoms with van der Waals surface area (Å²) in [4.78, 5) is 37.8. The molecule has 2 aliphatic heterocycles. The summed E-state index contributed by atoms with van der Waals surface area (Å²) in [6.07, 6.45) is -4.64. The van der Waals surface area contributed by atoms with E-state index in [0.29, 0.717) is 12.1 Å². The van der Waals surface area contributed by atoms with Crippen molar-refractivity contribution in [1.82, 2.24) is 15.5 Å². The Morgan fingerprint density at radius 2 is 2.00 bits per heavy atom. The number of ether oxygens (including phenoxy) is 1. The lowest BCUT2D eigenvalue weighted by Crippen LogP contribution is -2.71. The van der Waals surface area contributed by atoms with E-state index >= 15 is 0 Å².